The van der Waals surface area contributed by atoms with Crippen LogP contribution in [-0.2, 0) is 10.2 Å². The van der Waals surface area contributed by atoms with Crippen LogP contribution in [0.25, 0.3) is 0 Å². The lowest BCUT2D eigenvalue weighted by atomic mass is 9.91. The van der Waals surface area contributed by atoms with E-state index in [4.69, 9.17) is 5.26 Å². The molecule has 1 aliphatic rings. The third-order valence-corrected chi connectivity index (χ3v) is 2.86. The molecule has 0 bridgehead atoms. The van der Waals surface area contributed by atoms with Gasteiger partial charge in [-0.3, -0.25) is 4.79 Å². The summed E-state index contributed by atoms with van der Waals surface area (Å²) in [4.78, 5) is 11.2. The Bertz CT molecular complexity index is 539. The number of nitriles is 1. The van der Waals surface area contributed by atoms with E-state index < -0.39 is 11.4 Å². The van der Waals surface area contributed by atoms with Crippen LogP contribution in [0.3, 0.4) is 0 Å². The summed E-state index contributed by atoms with van der Waals surface area (Å²) in [6, 6.07) is 8.86. The number of hydrogen-bond donors (Lipinski definition) is 1. The van der Waals surface area contributed by atoms with Crippen molar-refractivity contribution in [2.45, 2.75) is 18.3 Å². The molecule has 1 aliphatic carbocycles. The van der Waals surface area contributed by atoms with Crippen LogP contribution in [-0.4, -0.2) is 11.1 Å². The molecule has 1 N–H and O–H groups in total. The zero-order chi connectivity index (χ0) is 11.6. The standard InChI is InChI=1S/C13H9NO2/c14-9-3-5-10-4-1-2-6-11(10)13(7-8-13)12(15)16/h1-2,4,6H,7-8H2,(H,15,16). The largest absolute Gasteiger partial charge is 0.481 e. The van der Waals surface area contributed by atoms with Gasteiger partial charge in [0.25, 0.3) is 0 Å². The van der Waals surface area contributed by atoms with Gasteiger partial charge >= 0.3 is 5.97 Å². The molecule has 1 aromatic rings. The molecular weight excluding hydrogens is 202 g/mol. The first-order valence-electron chi connectivity index (χ1n) is 4.94. The van der Waals surface area contributed by atoms with Gasteiger partial charge < -0.3 is 5.11 Å². The average Bonchev–Trinajstić information content (AvgIpc) is 3.08. The van der Waals surface area contributed by atoms with Gasteiger partial charge in [0.15, 0.2) is 6.07 Å². The van der Waals surface area contributed by atoms with Crippen molar-refractivity contribution in [3.05, 3.63) is 35.4 Å². The molecule has 1 fully saturated rings. The summed E-state index contributed by atoms with van der Waals surface area (Å²) in [7, 11) is 0. The Morgan fingerprint density at radius 1 is 1.38 bits per heavy atom. The third kappa shape index (κ3) is 1.53. The number of carboxylic acid groups (broad SMARTS) is 1. The quantitative estimate of drug-likeness (QED) is 0.757. The zero-order valence-corrected chi connectivity index (χ0v) is 8.53. The number of benzene rings is 1. The molecule has 0 atom stereocenters. The molecular formula is C13H9NO2. The van der Waals surface area contributed by atoms with Crippen molar-refractivity contribution >= 4 is 5.97 Å². The summed E-state index contributed by atoms with van der Waals surface area (Å²) in [5.74, 6) is 4.19. The van der Waals surface area contributed by atoms with E-state index in [1.165, 1.54) is 0 Å². The van der Waals surface area contributed by atoms with E-state index in [9.17, 15) is 9.90 Å². The molecule has 1 saturated carbocycles. The van der Waals surface area contributed by atoms with Crippen LogP contribution in [0.5, 0.6) is 0 Å². The Morgan fingerprint density at radius 3 is 2.62 bits per heavy atom. The Labute approximate surface area is 93.3 Å². The minimum atomic E-state index is -0.807. The van der Waals surface area contributed by atoms with Crippen LogP contribution in [0, 0.1) is 23.2 Å². The van der Waals surface area contributed by atoms with E-state index in [0.29, 0.717) is 18.4 Å². The van der Waals surface area contributed by atoms with E-state index in [1.54, 1.807) is 30.3 Å². The van der Waals surface area contributed by atoms with Crippen molar-refractivity contribution < 1.29 is 9.90 Å². The summed E-state index contributed by atoms with van der Waals surface area (Å²) >= 11 is 0. The van der Waals surface area contributed by atoms with Gasteiger partial charge in [-0.2, -0.15) is 5.26 Å². The number of carbonyl (C=O) groups is 1. The van der Waals surface area contributed by atoms with Gasteiger partial charge in [-0.15, -0.1) is 0 Å². The highest BCUT2D eigenvalue weighted by Crippen LogP contribution is 2.49. The highest BCUT2D eigenvalue weighted by molar-refractivity contribution is 5.86. The van der Waals surface area contributed by atoms with Crippen LogP contribution in [0.2, 0.25) is 0 Å². The Balaban J connectivity index is 2.50. The van der Waals surface area contributed by atoms with E-state index in [-0.39, 0.29) is 0 Å². The normalized spacial score (nSPS) is 15.4. The molecule has 0 saturated heterocycles. The maximum absolute atomic E-state index is 11.2. The first-order chi connectivity index (χ1) is 7.70. The second kappa shape index (κ2) is 3.72. The second-order valence-corrected chi connectivity index (χ2v) is 3.79. The molecule has 78 valence electrons. The lowest BCUT2D eigenvalue weighted by molar-refractivity contribution is -0.140. The predicted octanol–water partition coefficient (Wildman–Crippen LogP) is 1.68. The Kier molecular flexibility index (Phi) is 2.38. The van der Waals surface area contributed by atoms with Gasteiger partial charge in [-0.25, -0.2) is 0 Å². The molecule has 0 aromatic heterocycles. The fourth-order valence-electron chi connectivity index (χ4n) is 1.83. The predicted molar refractivity (Wildman–Crippen MR) is 57.5 cm³/mol. The van der Waals surface area contributed by atoms with Gasteiger partial charge in [0.05, 0.1) is 5.41 Å². The number of aliphatic carboxylic acids is 1. The summed E-state index contributed by atoms with van der Waals surface area (Å²) in [5, 5.41) is 17.6. The number of nitrogens with zero attached hydrogens (tertiary/aromatic N) is 1. The van der Waals surface area contributed by atoms with Crippen molar-refractivity contribution in [3.8, 4) is 17.9 Å². The molecule has 0 radical (unpaired) electrons. The zero-order valence-electron chi connectivity index (χ0n) is 8.53. The minimum Gasteiger partial charge on any atom is -0.481 e. The number of carboxylic acids is 1. The fourth-order valence-corrected chi connectivity index (χ4v) is 1.83. The Morgan fingerprint density at radius 2 is 2.06 bits per heavy atom. The van der Waals surface area contributed by atoms with Crippen LogP contribution in [0.4, 0.5) is 0 Å². The summed E-state index contributed by atoms with van der Waals surface area (Å²) in [5.41, 5.74) is 0.606. The van der Waals surface area contributed by atoms with Crippen molar-refractivity contribution in [3.63, 3.8) is 0 Å². The lowest BCUT2D eigenvalue weighted by Crippen LogP contribution is -2.20. The molecule has 2 rings (SSSR count). The van der Waals surface area contributed by atoms with Gasteiger partial charge in [0.2, 0.25) is 0 Å². The van der Waals surface area contributed by atoms with Crippen LogP contribution in [0.1, 0.15) is 24.0 Å². The summed E-state index contributed by atoms with van der Waals surface area (Å²) in [6.07, 6.45) is 1.29. The second-order valence-electron chi connectivity index (χ2n) is 3.79. The fraction of sp³-hybridized carbons (Fsp3) is 0.231. The monoisotopic (exact) mass is 211 g/mol. The highest BCUT2D eigenvalue weighted by atomic mass is 16.4. The molecule has 0 spiro atoms. The summed E-state index contributed by atoms with van der Waals surface area (Å²) in [6.45, 7) is 0. The van der Waals surface area contributed by atoms with Crippen molar-refractivity contribution in [1.82, 2.24) is 0 Å². The molecule has 0 amide bonds. The van der Waals surface area contributed by atoms with Gasteiger partial charge in [-0.05, 0) is 24.5 Å². The van der Waals surface area contributed by atoms with E-state index >= 15 is 0 Å². The molecule has 3 nitrogen and oxygen atoms in total. The highest BCUT2D eigenvalue weighted by Gasteiger charge is 2.52. The van der Waals surface area contributed by atoms with Crippen LogP contribution < -0.4 is 0 Å². The SMILES string of the molecule is N#CC#Cc1ccccc1C1(C(=O)O)CC1. The smallest absolute Gasteiger partial charge is 0.314 e. The first kappa shape index (κ1) is 10.3. The van der Waals surface area contributed by atoms with Crippen LogP contribution in [0.15, 0.2) is 24.3 Å². The molecule has 0 heterocycles. The van der Waals surface area contributed by atoms with Gasteiger partial charge in [-0.1, -0.05) is 24.1 Å². The maximum atomic E-state index is 11.2. The van der Waals surface area contributed by atoms with Gasteiger partial charge in [0.1, 0.15) is 0 Å². The molecule has 16 heavy (non-hydrogen) atoms. The van der Waals surface area contributed by atoms with Crippen LogP contribution >= 0.6 is 0 Å². The van der Waals surface area contributed by atoms with E-state index in [0.717, 1.165) is 5.56 Å². The Hall–Kier alpha value is -2.26. The maximum Gasteiger partial charge on any atom is 0.314 e. The summed E-state index contributed by atoms with van der Waals surface area (Å²) < 4.78 is 0. The van der Waals surface area contributed by atoms with Gasteiger partial charge in [0, 0.05) is 11.5 Å². The minimum absolute atomic E-state index is 0.643. The third-order valence-electron chi connectivity index (χ3n) is 2.86. The molecule has 3 heteroatoms. The molecule has 0 unspecified atom stereocenters. The number of rotatable bonds is 2. The van der Waals surface area contributed by atoms with E-state index in [1.807, 2.05) is 0 Å². The van der Waals surface area contributed by atoms with Crippen molar-refractivity contribution in [2.75, 3.05) is 0 Å². The first-order valence-corrected chi connectivity index (χ1v) is 4.94. The van der Waals surface area contributed by atoms with E-state index in [2.05, 4.69) is 11.8 Å². The van der Waals surface area contributed by atoms with Crippen molar-refractivity contribution in [1.29, 1.82) is 5.26 Å². The molecule has 0 aliphatic heterocycles. The number of hydrogen-bond acceptors (Lipinski definition) is 2. The van der Waals surface area contributed by atoms with Crippen molar-refractivity contribution in [2.24, 2.45) is 0 Å². The lowest BCUT2D eigenvalue weighted by Gasteiger charge is -2.11. The topological polar surface area (TPSA) is 61.1 Å². The molecule has 1 aromatic carbocycles. The average molecular weight is 211 g/mol.